The number of H-pyrrole nitrogens is 2. The Morgan fingerprint density at radius 3 is 1.29 bits per heavy atom. The summed E-state index contributed by atoms with van der Waals surface area (Å²) in [4.78, 5) is 21.2. The van der Waals surface area contributed by atoms with Gasteiger partial charge in [0.25, 0.3) is 0 Å². The van der Waals surface area contributed by atoms with E-state index in [1.54, 1.807) is 0 Å². The highest BCUT2D eigenvalue weighted by molar-refractivity contribution is 6.31. The van der Waals surface area contributed by atoms with Crippen LogP contribution in [0.15, 0.2) is 120 Å². The van der Waals surface area contributed by atoms with Gasteiger partial charge in [0.2, 0.25) is 0 Å². The fourth-order valence-corrected chi connectivity index (χ4v) is 7.58. The molecule has 7 nitrogen and oxygen atoms in total. The largest absolute Gasteiger partial charge is 0.354 e. The summed E-state index contributed by atoms with van der Waals surface area (Å²) in [5.41, 5.74) is 22.8. The van der Waals surface area contributed by atoms with E-state index >= 15 is 0 Å². The molecule has 2 aliphatic rings. The number of fused-ring (bicyclic) bond motifs is 8. The van der Waals surface area contributed by atoms with Crippen LogP contribution in [-0.2, 0) is 0 Å². The summed E-state index contributed by atoms with van der Waals surface area (Å²) >= 11 is 25.5. The third kappa shape index (κ3) is 6.59. The van der Waals surface area contributed by atoms with Gasteiger partial charge in [-0.05, 0) is 119 Å². The maximum absolute atomic E-state index is 9.86. The molecule has 9 rings (SSSR count). The first kappa shape index (κ1) is 34.7. The fraction of sp³-hybridized carbons (Fsp3) is 0. The molecule has 0 saturated heterocycles. The van der Waals surface area contributed by atoms with E-state index < -0.39 is 0 Å². The van der Waals surface area contributed by atoms with Crippen LogP contribution in [0.5, 0.6) is 0 Å². The Kier molecular flexibility index (Phi) is 9.03. The van der Waals surface area contributed by atoms with Gasteiger partial charge in [-0.25, -0.2) is 9.97 Å². The zero-order chi connectivity index (χ0) is 37.6. The Labute approximate surface area is 334 Å². The fourth-order valence-electron chi connectivity index (χ4n) is 7.07. The number of aromatic nitrogens is 4. The van der Waals surface area contributed by atoms with E-state index in [-0.39, 0.29) is 0 Å². The smallest absolute Gasteiger partial charge is 0.0738 e. The molecule has 7 aromatic rings. The second kappa shape index (κ2) is 14.3. The van der Waals surface area contributed by atoms with Gasteiger partial charge < -0.3 is 9.97 Å². The number of halogens is 4. The molecule has 8 bridgehead atoms. The van der Waals surface area contributed by atoms with E-state index in [9.17, 15) is 5.53 Å². The molecule has 0 fully saturated rings. The monoisotopic (exact) mass is 791 g/mol. The van der Waals surface area contributed by atoms with Crippen LogP contribution < -0.4 is 0 Å². The second-order valence-corrected chi connectivity index (χ2v) is 14.6. The van der Waals surface area contributed by atoms with Gasteiger partial charge in [-0.2, -0.15) is 0 Å². The molecule has 4 aromatic carbocycles. The number of aromatic amines is 2. The molecule has 0 unspecified atom stereocenters. The van der Waals surface area contributed by atoms with Crippen LogP contribution in [0.3, 0.4) is 0 Å². The highest BCUT2D eigenvalue weighted by atomic mass is 35.5. The molecule has 0 spiro atoms. The third-order valence-corrected chi connectivity index (χ3v) is 10.5. The molecule has 0 aliphatic carbocycles. The summed E-state index contributed by atoms with van der Waals surface area (Å²) in [5.74, 6) is 0. The summed E-state index contributed by atoms with van der Waals surface area (Å²) < 4.78 is 0. The molecular weight excluding hydrogens is 768 g/mol. The summed E-state index contributed by atoms with van der Waals surface area (Å²) in [6.45, 7) is 0. The van der Waals surface area contributed by atoms with Crippen molar-refractivity contribution in [3.63, 3.8) is 0 Å². The standard InChI is InChI=1S/C44H25Cl4N7/c45-28-9-1-24(2-10-28)40-32-17-18-33(50-32)41(25-3-11-29(46)12-4-25)35-21-22-37(52-35)43(27-7-15-31(48)16-8-27)44-39(54-55-49)23-38(53-44)42(36-20-19-34(40)51-36)26-5-13-30(47)14-6-26/h1-23,51,53H. The van der Waals surface area contributed by atoms with Crippen molar-refractivity contribution in [1.29, 1.82) is 0 Å². The molecule has 2 N–H and O–H groups in total. The van der Waals surface area contributed by atoms with E-state index in [1.165, 1.54) is 0 Å². The van der Waals surface area contributed by atoms with Gasteiger partial charge >= 0.3 is 0 Å². The van der Waals surface area contributed by atoms with Crippen LogP contribution in [0.2, 0.25) is 20.1 Å². The second-order valence-electron chi connectivity index (χ2n) is 12.9. The number of nitrogens with one attached hydrogen (secondary N) is 2. The predicted octanol–water partition coefficient (Wildman–Crippen LogP) is 14.9. The summed E-state index contributed by atoms with van der Waals surface area (Å²) in [6, 6.07) is 36.4. The van der Waals surface area contributed by atoms with Gasteiger partial charge in [0.1, 0.15) is 0 Å². The lowest BCUT2D eigenvalue weighted by Gasteiger charge is -2.07. The van der Waals surface area contributed by atoms with Crippen molar-refractivity contribution in [2.45, 2.75) is 0 Å². The van der Waals surface area contributed by atoms with E-state index in [4.69, 9.17) is 56.4 Å². The summed E-state index contributed by atoms with van der Waals surface area (Å²) in [5, 5.41) is 6.64. The lowest BCUT2D eigenvalue weighted by atomic mass is 10.0. The predicted molar refractivity (Wildman–Crippen MR) is 229 cm³/mol. The first-order valence-electron chi connectivity index (χ1n) is 17.1. The molecule has 3 aromatic heterocycles. The van der Waals surface area contributed by atoms with Crippen molar-refractivity contribution >= 4 is 98.5 Å². The molecule has 264 valence electrons. The lowest BCUT2D eigenvalue weighted by molar-refractivity contribution is 1.28. The molecule has 0 atom stereocenters. The minimum Gasteiger partial charge on any atom is -0.354 e. The van der Waals surface area contributed by atoms with E-state index in [1.807, 2.05) is 140 Å². The minimum absolute atomic E-state index is 0.395. The Balaban J connectivity index is 1.51. The Morgan fingerprint density at radius 1 is 0.436 bits per heavy atom. The molecule has 55 heavy (non-hydrogen) atoms. The van der Waals surface area contributed by atoms with Crippen LogP contribution in [0.1, 0.15) is 22.8 Å². The molecule has 11 heteroatoms. The van der Waals surface area contributed by atoms with Crippen molar-refractivity contribution in [3.05, 3.63) is 169 Å². The summed E-state index contributed by atoms with van der Waals surface area (Å²) in [7, 11) is 0. The van der Waals surface area contributed by atoms with Crippen LogP contribution in [0, 0.1) is 0 Å². The molecule has 5 heterocycles. The van der Waals surface area contributed by atoms with Crippen LogP contribution in [-0.4, -0.2) is 19.9 Å². The highest BCUT2D eigenvalue weighted by Crippen LogP contribution is 2.41. The number of azide groups is 1. The van der Waals surface area contributed by atoms with Gasteiger partial charge in [-0.15, -0.1) is 0 Å². The lowest BCUT2D eigenvalue weighted by Crippen LogP contribution is -1.91. The van der Waals surface area contributed by atoms with Crippen molar-refractivity contribution in [2.24, 2.45) is 5.11 Å². The first-order valence-corrected chi connectivity index (χ1v) is 18.6. The van der Waals surface area contributed by atoms with Crippen molar-refractivity contribution in [1.82, 2.24) is 19.9 Å². The molecule has 2 aliphatic heterocycles. The topological polar surface area (TPSA) is 106 Å². The maximum Gasteiger partial charge on any atom is 0.0738 e. The molecule has 0 amide bonds. The zero-order valence-electron chi connectivity index (χ0n) is 28.5. The number of rotatable bonds is 5. The van der Waals surface area contributed by atoms with Gasteiger partial charge in [0.15, 0.2) is 0 Å². The Hall–Kier alpha value is -6.05. The normalized spacial score (nSPS) is 11.9. The molecular formula is C44H25Cl4N7. The van der Waals surface area contributed by atoms with Gasteiger partial charge in [-0.1, -0.05) is 100 Å². The quantitative estimate of drug-likeness (QED) is 0.103. The number of nitrogens with zero attached hydrogens (tertiary/aromatic N) is 5. The highest BCUT2D eigenvalue weighted by Gasteiger charge is 2.21. The number of hydrogen-bond acceptors (Lipinski definition) is 3. The third-order valence-electron chi connectivity index (χ3n) is 9.53. The number of benzene rings is 4. The maximum atomic E-state index is 9.86. The van der Waals surface area contributed by atoms with Gasteiger partial charge in [-0.3, -0.25) is 0 Å². The Bertz CT molecular complexity index is 2940. The van der Waals surface area contributed by atoms with Gasteiger partial charge in [0, 0.05) is 63.8 Å². The number of hydrogen-bond donors (Lipinski definition) is 2. The molecule has 0 radical (unpaired) electrons. The Morgan fingerprint density at radius 2 is 0.818 bits per heavy atom. The van der Waals surface area contributed by atoms with Crippen molar-refractivity contribution in [3.8, 4) is 44.5 Å². The average Bonchev–Trinajstić information content (AvgIpc) is 4.02. The van der Waals surface area contributed by atoms with E-state index in [0.29, 0.717) is 48.2 Å². The average molecular weight is 794 g/mol. The zero-order valence-corrected chi connectivity index (χ0v) is 31.6. The minimum atomic E-state index is 0.395. The van der Waals surface area contributed by atoms with Crippen molar-refractivity contribution < 1.29 is 0 Å². The van der Waals surface area contributed by atoms with Crippen molar-refractivity contribution in [2.75, 3.05) is 0 Å². The van der Waals surface area contributed by atoms with Crippen LogP contribution in [0.4, 0.5) is 5.69 Å². The van der Waals surface area contributed by atoms with Crippen LogP contribution >= 0.6 is 46.4 Å². The first-order chi connectivity index (χ1) is 26.8. The van der Waals surface area contributed by atoms with Gasteiger partial charge in [0.05, 0.1) is 34.0 Å². The van der Waals surface area contributed by atoms with E-state index in [0.717, 1.165) is 66.9 Å². The SMILES string of the molecule is [N-]=[N+]=Nc1cc2[nH]c1c(-c1ccc(Cl)cc1)c1nc(c(-c3ccc(Cl)cc3)c3nc(c(-c4ccc(Cl)cc4)c4ccc([nH]4)c2-c2ccc(Cl)cc2)C=C3)C=C1. The molecule has 0 saturated carbocycles. The van der Waals surface area contributed by atoms with Crippen LogP contribution in [0.25, 0.3) is 101 Å². The van der Waals surface area contributed by atoms with E-state index in [2.05, 4.69) is 20.0 Å². The summed E-state index contributed by atoms with van der Waals surface area (Å²) in [6.07, 6.45) is 7.97.